The molecule has 1 N–H and O–H groups in total. The molecule has 0 aromatic carbocycles. The van der Waals surface area contributed by atoms with E-state index in [0.29, 0.717) is 6.42 Å². The van der Waals surface area contributed by atoms with E-state index in [1.165, 1.54) is 0 Å². The van der Waals surface area contributed by atoms with Crippen LogP contribution in [0.1, 0.15) is 33.6 Å². The molecule has 3 heteroatoms. The van der Waals surface area contributed by atoms with Crippen molar-refractivity contribution in [3.8, 4) is 0 Å². The van der Waals surface area contributed by atoms with Gasteiger partial charge in [0.15, 0.2) is 0 Å². The van der Waals surface area contributed by atoms with E-state index in [-0.39, 0.29) is 0 Å². The second kappa shape index (κ2) is 4.45. The Labute approximate surface area is 75.1 Å². The van der Waals surface area contributed by atoms with Gasteiger partial charge in [0, 0.05) is 14.1 Å². The summed E-state index contributed by atoms with van der Waals surface area (Å²) in [6.07, 6.45) is 1.49. The van der Waals surface area contributed by atoms with Crippen LogP contribution in [0.15, 0.2) is 5.10 Å². The van der Waals surface area contributed by atoms with E-state index < -0.39 is 5.60 Å². The fraction of sp³-hybridized carbons (Fsp3) is 0.889. The van der Waals surface area contributed by atoms with Crippen LogP contribution in [0.2, 0.25) is 0 Å². The van der Waals surface area contributed by atoms with E-state index >= 15 is 0 Å². The molecule has 0 aliphatic rings. The van der Waals surface area contributed by atoms with Gasteiger partial charge in [-0.15, -0.1) is 0 Å². The zero-order valence-electron chi connectivity index (χ0n) is 8.76. The molecule has 0 aromatic heterocycles. The highest BCUT2D eigenvalue weighted by atomic mass is 16.3. The molecule has 1 atom stereocenters. The third-order valence-electron chi connectivity index (χ3n) is 1.97. The van der Waals surface area contributed by atoms with Crippen LogP contribution < -0.4 is 0 Å². The van der Waals surface area contributed by atoms with Crippen molar-refractivity contribution in [2.75, 3.05) is 14.1 Å². The van der Waals surface area contributed by atoms with Crippen LogP contribution in [0.5, 0.6) is 0 Å². The minimum atomic E-state index is -0.751. The van der Waals surface area contributed by atoms with Crippen LogP contribution in [0.25, 0.3) is 0 Å². The monoisotopic (exact) mass is 172 g/mol. The summed E-state index contributed by atoms with van der Waals surface area (Å²) in [4.78, 5) is 0. The predicted octanol–water partition coefficient (Wildman–Crippen LogP) is 1.48. The first kappa shape index (κ1) is 11.4. The van der Waals surface area contributed by atoms with Gasteiger partial charge in [-0.05, 0) is 19.8 Å². The number of aliphatic hydroxyl groups is 1. The predicted molar refractivity (Wildman–Crippen MR) is 52.3 cm³/mol. The van der Waals surface area contributed by atoms with Gasteiger partial charge < -0.3 is 10.1 Å². The smallest absolute Gasteiger partial charge is 0.101 e. The SMILES string of the molecule is CCC(=NN(C)C)C(C)(O)CC. The molecule has 12 heavy (non-hydrogen) atoms. The molecule has 0 saturated heterocycles. The Morgan fingerprint density at radius 1 is 1.42 bits per heavy atom. The Morgan fingerprint density at radius 2 is 1.92 bits per heavy atom. The Morgan fingerprint density at radius 3 is 2.17 bits per heavy atom. The highest BCUT2D eigenvalue weighted by molar-refractivity contribution is 5.91. The fourth-order valence-electron chi connectivity index (χ4n) is 1.00. The first-order valence-corrected chi connectivity index (χ1v) is 4.41. The summed E-state index contributed by atoms with van der Waals surface area (Å²) in [5.74, 6) is 0. The lowest BCUT2D eigenvalue weighted by Crippen LogP contribution is -2.35. The van der Waals surface area contributed by atoms with E-state index in [2.05, 4.69) is 5.10 Å². The van der Waals surface area contributed by atoms with Crippen molar-refractivity contribution in [1.82, 2.24) is 5.01 Å². The molecule has 0 heterocycles. The lowest BCUT2D eigenvalue weighted by atomic mass is 9.95. The number of hydrogen-bond donors (Lipinski definition) is 1. The maximum absolute atomic E-state index is 9.87. The molecule has 0 aliphatic heterocycles. The highest BCUT2D eigenvalue weighted by Crippen LogP contribution is 2.13. The molecule has 0 aromatic rings. The summed E-state index contributed by atoms with van der Waals surface area (Å²) in [5, 5.41) is 15.8. The van der Waals surface area contributed by atoms with Crippen LogP contribution in [0, 0.1) is 0 Å². The van der Waals surface area contributed by atoms with Gasteiger partial charge in [-0.3, -0.25) is 0 Å². The van der Waals surface area contributed by atoms with Crippen LogP contribution in [0.4, 0.5) is 0 Å². The van der Waals surface area contributed by atoms with Gasteiger partial charge in [-0.1, -0.05) is 13.8 Å². The Bertz CT molecular complexity index is 162. The quantitative estimate of drug-likeness (QED) is 0.515. The number of rotatable bonds is 4. The third-order valence-corrected chi connectivity index (χ3v) is 1.97. The average Bonchev–Trinajstić information content (AvgIpc) is 1.99. The van der Waals surface area contributed by atoms with Gasteiger partial charge in [-0.25, -0.2) is 0 Å². The van der Waals surface area contributed by atoms with E-state index in [1.54, 1.807) is 11.9 Å². The van der Waals surface area contributed by atoms with Gasteiger partial charge in [0.05, 0.1) is 5.71 Å². The average molecular weight is 172 g/mol. The lowest BCUT2D eigenvalue weighted by molar-refractivity contribution is 0.124. The maximum atomic E-state index is 9.87. The molecule has 0 bridgehead atoms. The minimum absolute atomic E-state index is 0.702. The number of hydrazone groups is 1. The normalized spacial score (nSPS) is 17.3. The zero-order valence-corrected chi connectivity index (χ0v) is 8.76. The van der Waals surface area contributed by atoms with Crippen molar-refractivity contribution in [2.45, 2.75) is 39.2 Å². The summed E-state index contributed by atoms with van der Waals surface area (Å²) in [6, 6.07) is 0. The maximum Gasteiger partial charge on any atom is 0.101 e. The van der Waals surface area contributed by atoms with E-state index in [9.17, 15) is 5.11 Å². The van der Waals surface area contributed by atoms with Gasteiger partial charge in [0.25, 0.3) is 0 Å². The zero-order chi connectivity index (χ0) is 9.78. The molecular formula is C9H20N2O. The molecule has 0 aliphatic carbocycles. The van der Waals surface area contributed by atoms with Crippen molar-refractivity contribution < 1.29 is 5.11 Å². The van der Waals surface area contributed by atoms with Crippen LogP contribution in [-0.2, 0) is 0 Å². The van der Waals surface area contributed by atoms with Crippen molar-refractivity contribution in [3.05, 3.63) is 0 Å². The fourth-order valence-corrected chi connectivity index (χ4v) is 1.00. The third kappa shape index (κ3) is 3.22. The van der Waals surface area contributed by atoms with E-state index in [1.807, 2.05) is 27.9 Å². The molecule has 0 rings (SSSR count). The molecular weight excluding hydrogens is 152 g/mol. The van der Waals surface area contributed by atoms with Gasteiger partial charge >= 0.3 is 0 Å². The Balaban J connectivity index is 4.54. The van der Waals surface area contributed by atoms with Gasteiger partial charge in [-0.2, -0.15) is 5.10 Å². The van der Waals surface area contributed by atoms with Crippen LogP contribution >= 0.6 is 0 Å². The molecule has 0 saturated carbocycles. The molecule has 0 radical (unpaired) electrons. The van der Waals surface area contributed by atoms with Crippen LogP contribution in [0.3, 0.4) is 0 Å². The number of nitrogens with zero attached hydrogens (tertiary/aromatic N) is 2. The van der Waals surface area contributed by atoms with E-state index in [0.717, 1.165) is 12.1 Å². The molecule has 72 valence electrons. The molecule has 0 amide bonds. The van der Waals surface area contributed by atoms with Crippen molar-refractivity contribution in [2.24, 2.45) is 5.10 Å². The minimum Gasteiger partial charge on any atom is -0.384 e. The molecule has 0 fully saturated rings. The summed E-state index contributed by atoms with van der Waals surface area (Å²) in [5.41, 5.74) is 0.0916. The summed E-state index contributed by atoms with van der Waals surface area (Å²) in [6.45, 7) is 5.77. The molecule has 1 unspecified atom stereocenters. The van der Waals surface area contributed by atoms with Crippen LogP contribution in [-0.4, -0.2) is 35.5 Å². The standard InChI is InChI=1S/C9H20N2O/c1-6-8(10-11(4)5)9(3,12)7-2/h12H,6-7H2,1-5H3. The Hall–Kier alpha value is -0.570. The highest BCUT2D eigenvalue weighted by Gasteiger charge is 2.23. The van der Waals surface area contributed by atoms with Crippen molar-refractivity contribution in [3.63, 3.8) is 0 Å². The lowest BCUT2D eigenvalue weighted by Gasteiger charge is -2.24. The van der Waals surface area contributed by atoms with Gasteiger partial charge in [0.2, 0.25) is 0 Å². The summed E-state index contributed by atoms with van der Waals surface area (Å²) < 4.78 is 0. The first-order chi connectivity index (χ1) is 5.44. The van der Waals surface area contributed by atoms with Gasteiger partial charge in [0.1, 0.15) is 5.60 Å². The summed E-state index contributed by atoms with van der Waals surface area (Å²) >= 11 is 0. The topological polar surface area (TPSA) is 35.8 Å². The second-order valence-corrected chi connectivity index (χ2v) is 3.37. The molecule has 0 spiro atoms. The Kier molecular flexibility index (Phi) is 4.24. The second-order valence-electron chi connectivity index (χ2n) is 3.37. The summed E-state index contributed by atoms with van der Waals surface area (Å²) in [7, 11) is 3.72. The van der Waals surface area contributed by atoms with Crippen molar-refractivity contribution in [1.29, 1.82) is 0 Å². The van der Waals surface area contributed by atoms with Crippen molar-refractivity contribution >= 4 is 5.71 Å². The number of hydrogen-bond acceptors (Lipinski definition) is 3. The largest absolute Gasteiger partial charge is 0.384 e. The molecule has 3 nitrogen and oxygen atoms in total. The van der Waals surface area contributed by atoms with E-state index in [4.69, 9.17) is 0 Å². The first-order valence-electron chi connectivity index (χ1n) is 4.41.